The Hall–Kier alpha value is -3.35. The summed E-state index contributed by atoms with van der Waals surface area (Å²) in [6.07, 6.45) is -0.688. The fraction of sp³-hybridized carbons (Fsp3) is 0.400. The van der Waals surface area contributed by atoms with Crippen molar-refractivity contribution in [3.05, 3.63) is 65.2 Å². The Morgan fingerprint density at radius 3 is 2.28 bits per heavy atom. The van der Waals surface area contributed by atoms with E-state index >= 15 is 0 Å². The molecule has 32 heavy (non-hydrogen) atoms. The Balaban J connectivity index is 2.00. The second-order valence-corrected chi connectivity index (χ2v) is 8.67. The van der Waals surface area contributed by atoms with Crippen LogP contribution >= 0.6 is 0 Å². The van der Waals surface area contributed by atoms with E-state index in [1.807, 2.05) is 56.3 Å². The molecular weight excluding hydrogens is 408 g/mol. The minimum atomic E-state index is -0.962. The summed E-state index contributed by atoms with van der Waals surface area (Å²) in [6, 6.07) is 13.9. The van der Waals surface area contributed by atoms with Crippen LogP contribution in [-0.4, -0.2) is 29.6 Å². The summed E-state index contributed by atoms with van der Waals surface area (Å²) in [5.41, 5.74) is 2.90. The molecular formula is C25H32N2O5. The predicted molar refractivity (Wildman–Crippen MR) is 123 cm³/mol. The van der Waals surface area contributed by atoms with Gasteiger partial charge in [-0.25, -0.2) is 4.79 Å². The first-order valence-electron chi connectivity index (χ1n) is 10.6. The van der Waals surface area contributed by atoms with E-state index in [1.165, 1.54) is 0 Å². The Morgan fingerprint density at radius 2 is 1.66 bits per heavy atom. The van der Waals surface area contributed by atoms with E-state index in [4.69, 9.17) is 9.47 Å². The average molecular weight is 441 g/mol. The number of carbonyl (C=O) groups is 3. The van der Waals surface area contributed by atoms with Crippen LogP contribution in [0.15, 0.2) is 48.5 Å². The van der Waals surface area contributed by atoms with Crippen LogP contribution in [0.5, 0.6) is 0 Å². The van der Waals surface area contributed by atoms with Gasteiger partial charge in [0.05, 0.1) is 0 Å². The van der Waals surface area contributed by atoms with Crippen LogP contribution in [0.4, 0.5) is 10.5 Å². The fourth-order valence-corrected chi connectivity index (χ4v) is 2.84. The van der Waals surface area contributed by atoms with Gasteiger partial charge in [0, 0.05) is 12.1 Å². The number of ether oxygens (including phenoxy) is 2. The third-order valence-corrected chi connectivity index (χ3v) is 4.66. The van der Waals surface area contributed by atoms with E-state index in [2.05, 4.69) is 10.6 Å². The molecule has 2 aromatic rings. The van der Waals surface area contributed by atoms with Gasteiger partial charge in [-0.3, -0.25) is 9.59 Å². The normalized spacial score (nSPS) is 11.9. The number of aryl methyl sites for hydroxylation is 2. The molecule has 0 aliphatic heterocycles. The minimum Gasteiger partial charge on any atom is -0.461 e. The summed E-state index contributed by atoms with van der Waals surface area (Å²) in [4.78, 5) is 37.3. The van der Waals surface area contributed by atoms with Gasteiger partial charge in [0.1, 0.15) is 18.2 Å². The highest BCUT2D eigenvalue weighted by atomic mass is 16.6. The molecule has 0 aliphatic rings. The molecule has 0 bridgehead atoms. The first kappa shape index (κ1) is 24.9. The van der Waals surface area contributed by atoms with Crippen LogP contribution < -0.4 is 10.6 Å². The van der Waals surface area contributed by atoms with Crippen molar-refractivity contribution in [2.24, 2.45) is 0 Å². The van der Waals surface area contributed by atoms with Gasteiger partial charge < -0.3 is 20.1 Å². The van der Waals surface area contributed by atoms with Crippen molar-refractivity contribution in [1.82, 2.24) is 5.32 Å². The molecule has 0 unspecified atom stereocenters. The van der Waals surface area contributed by atoms with E-state index in [9.17, 15) is 14.4 Å². The number of anilines is 1. The molecule has 2 rings (SSSR count). The molecule has 7 nitrogen and oxygen atoms in total. The van der Waals surface area contributed by atoms with Gasteiger partial charge in [0.25, 0.3) is 0 Å². The fourth-order valence-electron chi connectivity index (χ4n) is 2.84. The number of hydrogen-bond donors (Lipinski definition) is 2. The highest BCUT2D eigenvalue weighted by Crippen LogP contribution is 2.15. The van der Waals surface area contributed by atoms with Crippen molar-refractivity contribution in [2.45, 2.75) is 65.7 Å². The van der Waals surface area contributed by atoms with Gasteiger partial charge in [-0.05, 0) is 69.9 Å². The van der Waals surface area contributed by atoms with Crippen LogP contribution in [0.25, 0.3) is 0 Å². The van der Waals surface area contributed by atoms with E-state index in [-0.39, 0.29) is 19.4 Å². The van der Waals surface area contributed by atoms with E-state index in [0.717, 1.165) is 16.7 Å². The summed E-state index contributed by atoms with van der Waals surface area (Å²) in [7, 11) is 0. The highest BCUT2D eigenvalue weighted by molar-refractivity contribution is 5.96. The topological polar surface area (TPSA) is 93.7 Å². The van der Waals surface area contributed by atoms with Crippen LogP contribution in [0.3, 0.4) is 0 Å². The van der Waals surface area contributed by atoms with Gasteiger partial charge >= 0.3 is 12.1 Å². The second-order valence-electron chi connectivity index (χ2n) is 8.67. The van der Waals surface area contributed by atoms with E-state index in [1.54, 1.807) is 26.8 Å². The Morgan fingerprint density at radius 1 is 0.969 bits per heavy atom. The van der Waals surface area contributed by atoms with Crippen LogP contribution in [0, 0.1) is 13.8 Å². The molecule has 172 valence electrons. The van der Waals surface area contributed by atoms with Crippen molar-refractivity contribution in [2.75, 3.05) is 5.32 Å². The molecule has 2 N–H and O–H groups in total. The van der Waals surface area contributed by atoms with Crippen LogP contribution in [-0.2, 0) is 25.7 Å². The number of amides is 2. The molecule has 1 atom stereocenters. The second kappa shape index (κ2) is 11.3. The van der Waals surface area contributed by atoms with E-state index < -0.39 is 29.6 Å². The Labute approximate surface area is 189 Å². The zero-order chi connectivity index (χ0) is 23.7. The number of alkyl carbamates (subject to hydrolysis) is 1. The number of esters is 1. The summed E-state index contributed by atoms with van der Waals surface area (Å²) >= 11 is 0. The maximum atomic E-state index is 12.9. The standard InChI is InChI=1S/C25H32N2O5/c1-17-11-12-20(15-18(17)2)26-23(29)21(27-24(30)32-25(3,4)5)13-14-22(28)31-16-19-9-7-6-8-10-19/h6-12,15,21H,13-14,16H2,1-5H3,(H,26,29)(H,27,30)/t21-/m1/s1. The monoisotopic (exact) mass is 440 g/mol. The molecule has 0 fully saturated rings. The molecule has 7 heteroatoms. The summed E-state index contributed by atoms with van der Waals surface area (Å²) in [6.45, 7) is 9.28. The van der Waals surface area contributed by atoms with Crippen LogP contribution in [0.1, 0.15) is 50.3 Å². The molecule has 0 saturated carbocycles. The number of hydrogen-bond acceptors (Lipinski definition) is 5. The van der Waals surface area contributed by atoms with Gasteiger partial charge in [-0.1, -0.05) is 36.4 Å². The molecule has 0 saturated heterocycles. The third-order valence-electron chi connectivity index (χ3n) is 4.66. The lowest BCUT2D eigenvalue weighted by Gasteiger charge is -2.23. The highest BCUT2D eigenvalue weighted by Gasteiger charge is 2.25. The quantitative estimate of drug-likeness (QED) is 0.583. The molecule has 0 radical (unpaired) electrons. The molecule has 0 aliphatic carbocycles. The average Bonchev–Trinajstić information content (AvgIpc) is 2.71. The van der Waals surface area contributed by atoms with Crippen molar-refractivity contribution in [1.29, 1.82) is 0 Å². The Bertz CT molecular complexity index is 935. The summed E-state index contributed by atoms with van der Waals surface area (Å²) in [5, 5.41) is 5.37. The number of rotatable bonds is 8. The van der Waals surface area contributed by atoms with Crippen molar-refractivity contribution in [3.63, 3.8) is 0 Å². The van der Waals surface area contributed by atoms with Crippen molar-refractivity contribution in [3.8, 4) is 0 Å². The van der Waals surface area contributed by atoms with Crippen LogP contribution in [0.2, 0.25) is 0 Å². The van der Waals surface area contributed by atoms with E-state index in [0.29, 0.717) is 5.69 Å². The maximum absolute atomic E-state index is 12.9. The lowest BCUT2D eigenvalue weighted by atomic mass is 10.1. The predicted octanol–water partition coefficient (Wildman–Crippen LogP) is 4.66. The van der Waals surface area contributed by atoms with Crippen molar-refractivity contribution < 1.29 is 23.9 Å². The molecule has 0 spiro atoms. The molecule has 0 aromatic heterocycles. The third kappa shape index (κ3) is 8.79. The number of nitrogens with one attached hydrogen (secondary N) is 2. The first-order valence-corrected chi connectivity index (χ1v) is 10.6. The van der Waals surface area contributed by atoms with Gasteiger partial charge in [-0.15, -0.1) is 0 Å². The SMILES string of the molecule is Cc1ccc(NC(=O)[C@@H](CCC(=O)OCc2ccccc2)NC(=O)OC(C)(C)C)cc1C. The van der Waals surface area contributed by atoms with Gasteiger partial charge in [0.2, 0.25) is 5.91 Å². The largest absolute Gasteiger partial charge is 0.461 e. The van der Waals surface area contributed by atoms with Gasteiger partial charge in [0.15, 0.2) is 0 Å². The zero-order valence-corrected chi connectivity index (χ0v) is 19.4. The summed E-state index contributed by atoms with van der Waals surface area (Å²) in [5.74, 6) is -0.890. The van der Waals surface area contributed by atoms with Gasteiger partial charge in [-0.2, -0.15) is 0 Å². The smallest absolute Gasteiger partial charge is 0.408 e. The molecule has 0 heterocycles. The Kier molecular flexibility index (Phi) is 8.81. The zero-order valence-electron chi connectivity index (χ0n) is 19.4. The van der Waals surface area contributed by atoms with Crippen molar-refractivity contribution >= 4 is 23.7 Å². The molecule has 2 aromatic carbocycles. The minimum absolute atomic E-state index is 0.0341. The lowest BCUT2D eigenvalue weighted by Crippen LogP contribution is -2.46. The molecule has 2 amide bonds. The number of carbonyl (C=O) groups excluding carboxylic acids is 3. The summed E-state index contributed by atoms with van der Waals surface area (Å²) < 4.78 is 10.5. The lowest BCUT2D eigenvalue weighted by molar-refractivity contribution is -0.145. The number of benzene rings is 2. The maximum Gasteiger partial charge on any atom is 0.408 e. The first-order chi connectivity index (χ1) is 15.0.